The molecule has 2 fully saturated rings. The van der Waals surface area contributed by atoms with Gasteiger partial charge in [0.2, 0.25) is 0 Å². The van der Waals surface area contributed by atoms with Gasteiger partial charge in [0, 0.05) is 32.2 Å². The summed E-state index contributed by atoms with van der Waals surface area (Å²) in [6.07, 6.45) is 0.783. The smallest absolute Gasteiger partial charge is 0.345 e. The number of nitrogens with zero attached hydrogens (tertiary/aromatic N) is 3. The van der Waals surface area contributed by atoms with E-state index in [1.54, 1.807) is 13.1 Å². The summed E-state index contributed by atoms with van der Waals surface area (Å²) in [5.74, 6) is 7.16. The SMILES string of the molecule is CN=C(NCC#Cc1cccc(C(F)(F)F)c1)N1CCC(CN2CCCCC2)C1. The largest absolute Gasteiger partial charge is 0.416 e. The Labute approximate surface area is 171 Å². The lowest BCUT2D eigenvalue weighted by Crippen LogP contribution is -2.41. The quantitative estimate of drug-likeness (QED) is 0.474. The Morgan fingerprint density at radius 3 is 2.72 bits per heavy atom. The summed E-state index contributed by atoms with van der Waals surface area (Å²) in [4.78, 5) is 9.17. The maximum atomic E-state index is 12.8. The van der Waals surface area contributed by atoms with Crippen LogP contribution < -0.4 is 5.32 Å². The molecule has 2 aliphatic rings. The molecule has 2 aliphatic heterocycles. The lowest BCUT2D eigenvalue weighted by molar-refractivity contribution is -0.137. The van der Waals surface area contributed by atoms with E-state index in [0.29, 0.717) is 18.0 Å². The zero-order valence-electron chi connectivity index (χ0n) is 16.9. The molecule has 0 radical (unpaired) electrons. The van der Waals surface area contributed by atoms with E-state index < -0.39 is 11.7 Å². The van der Waals surface area contributed by atoms with Gasteiger partial charge in [-0.05, 0) is 56.5 Å². The monoisotopic (exact) mass is 406 g/mol. The van der Waals surface area contributed by atoms with Crippen molar-refractivity contribution >= 4 is 5.96 Å². The van der Waals surface area contributed by atoms with E-state index in [9.17, 15) is 13.2 Å². The Morgan fingerprint density at radius 2 is 2.00 bits per heavy atom. The molecule has 0 aromatic heterocycles. The zero-order valence-corrected chi connectivity index (χ0v) is 16.9. The highest BCUT2D eigenvalue weighted by atomic mass is 19.4. The van der Waals surface area contributed by atoms with E-state index in [4.69, 9.17) is 0 Å². The second-order valence-corrected chi connectivity index (χ2v) is 7.74. The van der Waals surface area contributed by atoms with Gasteiger partial charge in [-0.2, -0.15) is 13.2 Å². The second-order valence-electron chi connectivity index (χ2n) is 7.74. The third kappa shape index (κ3) is 6.40. The first-order chi connectivity index (χ1) is 14.0. The van der Waals surface area contributed by atoms with E-state index in [1.165, 1.54) is 38.4 Å². The molecule has 158 valence electrons. The first-order valence-electron chi connectivity index (χ1n) is 10.3. The summed E-state index contributed by atoms with van der Waals surface area (Å²) in [6.45, 7) is 5.89. The van der Waals surface area contributed by atoms with Gasteiger partial charge in [0.25, 0.3) is 0 Å². The average molecular weight is 406 g/mol. The number of hydrogen-bond donors (Lipinski definition) is 1. The third-order valence-corrected chi connectivity index (χ3v) is 5.52. The van der Waals surface area contributed by atoms with Crippen LogP contribution in [0.15, 0.2) is 29.3 Å². The van der Waals surface area contributed by atoms with Crippen molar-refractivity contribution in [2.24, 2.45) is 10.9 Å². The van der Waals surface area contributed by atoms with Crippen LogP contribution in [0.4, 0.5) is 13.2 Å². The minimum Gasteiger partial charge on any atom is -0.345 e. The normalized spacial score (nSPS) is 21.0. The summed E-state index contributed by atoms with van der Waals surface area (Å²) >= 11 is 0. The highest BCUT2D eigenvalue weighted by molar-refractivity contribution is 5.80. The third-order valence-electron chi connectivity index (χ3n) is 5.52. The predicted molar refractivity (Wildman–Crippen MR) is 110 cm³/mol. The number of likely N-dealkylation sites (tertiary alicyclic amines) is 2. The first kappa shape index (κ1) is 21.5. The fourth-order valence-electron chi connectivity index (χ4n) is 4.06. The van der Waals surface area contributed by atoms with Crippen LogP contribution in [0.25, 0.3) is 0 Å². The summed E-state index contributed by atoms with van der Waals surface area (Å²) in [5.41, 5.74) is -0.315. The predicted octanol–water partition coefficient (Wildman–Crippen LogP) is 3.44. The number of halogens is 3. The van der Waals surface area contributed by atoms with Gasteiger partial charge in [-0.1, -0.05) is 24.3 Å². The molecular weight excluding hydrogens is 377 g/mol. The number of alkyl halides is 3. The van der Waals surface area contributed by atoms with Crippen LogP contribution in [0.1, 0.15) is 36.8 Å². The minimum absolute atomic E-state index is 0.343. The lowest BCUT2D eigenvalue weighted by atomic mass is 10.1. The molecule has 0 aliphatic carbocycles. The molecule has 2 saturated heterocycles. The van der Waals surface area contributed by atoms with Gasteiger partial charge in [0.1, 0.15) is 0 Å². The molecular formula is C22H29F3N4. The van der Waals surface area contributed by atoms with Crippen molar-refractivity contribution in [3.8, 4) is 11.8 Å². The molecule has 2 heterocycles. The Kier molecular flexibility index (Phi) is 7.43. The van der Waals surface area contributed by atoms with Crippen molar-refractivity contribution in [2.75, 3.05) is 46.3 Å². The summed E-state index contributed by atoms with van der Waals surface area (Å²) in [6, 6.07) is 5.10. The average Bonchev–Trinajstić information content (AvgIpc) is 3.16. The Balaban J connectivity index is 1.47. The van der Waals surface area contributed by atoms with Gasteiger partial charge in [-0.25, -0.2) is 0 Å². The molecule has 0 amide bonds. The fraction of sp³-hybridized carbons (Fsp3) is 0.591. The van der Waals surface area contributed by atoms with E-state index in [1.807, 2.05) is 0 Å². The topological polar surface area (TPSA) is 30.9 Å². The van der Waals surface area contributed by atoms with Crippen LogP contribution in [0, 0.1) is 17.8 Å². The Bertz CT molecular complexity index is 757. The van der Waals surface area contributed by atoms with Crippen LogP contribution in [0.2, 0.25) is 0 Å². The van der Waals surface area contributed by atoms with Crippen LogP contribution >= 0.6 is 0 Å². The van der Waals surface area contributed by atoms with E-state index in [2.05, 4.69) is 31.9 Å². The minimum atomic E-state index is -4.35. The molecule has 4 nitrogen and oxygen atoms in total. The maximum absolute atomic E-state index is 12.8. The first-order valence-corrected chi connectivity index (χ1v) is 10.3. The van der Waals surface area contributed by atoms with Crippen molar-refractivity contribution in [1.82, 2.24) is 15.1 Å². The molecule has 0 saturated carbocycles. The van der Waals surface area contributed by atoms with E-state index in [0.717, 1.165) is 44.1 Å². The van der Waals surface area contributed by atoms with Crippen molar-refractivity contribution < 1.29 is 13.2 Å². The molecule has 1 aromatic carbocycles. The molecule has 0 spiro atoms. The number of benzene rings is 1. The number of nitrogens with one attached hydrogen (secondary N) is 1. The molecule has 3 rings (SSSR count). The van der Waals surface area contributed by atoms with Crippen LogP contribution in [-0.2, 0) is 6.18 Å². The van der Waals surface area contributed by atoms with E-state index in [-0.39, 0.29) is 0 Å². The maximum Gasteiger partial charge on any atom is 0.416 e. The highest BCUT2D eigenvalue weighted by Gasteiger charge is 2.30. The Morgan fingerprint density at radius 1 is 1.21 bits per heavy atom. The molecule has 1 N–H and O–H groups in total. The highest BCUT2D eigenvalue weighted by Crippen LogP contribution is 2.29. The van der Waals surface area contributed by atoms with Crippen molar-refractivity contribution in [2.45, 2.75) is 31.9 Å². The number of rotatable bonds is 3. The van der Waals surface area contributed by atoms with Gasteiger partial charge in [0.15, 0.2) is 5.96 Å². The van der Waals surface area contributed by atoms with Crippen molar-refractivity contribution in [3.05, 3.63) is 35.4 Å². The van der Waals surface area contributed by atoms with Gasteiger partial charge in [-0.3, -0.25) is 4.99 Å². The fourth-order valence-corrected chi connectivity index (χ4v) is 4.06. The molecule has 29 heavy (non-hydrogen) atoms. The van der Waals surface area contributed by atoms with Gasteiger partial charge < -0.3 is 15.1 Å². The number of piperidine rings is 1. The van der Waals surface area contributed by atoms with Gasteiger partial charge in [-0.15, -0.1) is 0 Å². The number of guanidine groups is 1. The summed E-state index contributed by atoms with van der Waals surface area (Å²) in [7, 11) is 1.75. The molecule has 1 unspecified atom stereocenters. The van der Waals surface area contributed by atoms with Gasteiger partial charge in [0.05, 0.1) is 12.1 Å². The van der Waals surface area contributed by atoms with Crippen molar-refractivity contribution in [3.63, 3.8) is 0 Å². The molecule has 1 aromatic rings. The van der Waals surface area contributed by atoms with Crippen LogP contribution in [0.3, 0.4) is 0 Å². The van der Waals surface area contributed by atoms with Crippen LogP contribution in [-0.4, -0.2) is 62.1 Å². The summed E-state index contributed by atoms with van der Waals surface area (Å²) < 4.78 is 38.3. The summed E-state index contributed by atoms with van der Waals surface area (Å²) in [5, 5.41) is 3.22. The second kappa shape index (κ2) is 10.0. The van der Waals surface area contributed by atoms with Crippen molar-refractivity contribution in [1.29, 1.82) is 0 Å². The molecule has 7 heteroatoms. The van der Waals surface area contributed by atoms with Crippen LogP contribution in [0.5, 0.6) is 0 Å². The Hall–Kier alpha value is -2.20. The standard InChI is InChI=1S/C22H29F3N4/c1-26-21(29-14-10-19(17-29)16-28-12-3-2-4-13-28)27-11-6-8-18-7-5-9-20(15-18)22(23,24)25/h5,7,9,15,19H,2-4,10-14,16-17H2,1H3,(H,26,27). The van der Waals surface area contributed by atoms with Gasteiger partial charge >= 0.3 is 6.18 Å². The number of aliphatic imine (C=N–C) groups is 1. The van der Waals surface area contributed by atoms with E-state index >= 15 is 0 Å². The number of hydrogen-bond acceptors (Lipinski definition) is 2. The lowest BCUT2D eigenvalue weighted by Gasteiger charge is -2.29. The molecule has 1 atom stereocenters. The molecule has 0 bridgehead atoms. The zero-order chi connectivity index (χ0) is 20.7.